The highest BCUT2D eigenvalue weighted by Crippen LogP contribution is 2.32. The van der Waals surface area contributed by atoms with Gasteiger partial charge in [-0.15, -0.1) is 0 Å². The summed E-state index contributed by atoms with van der Waals surface area (Å²) >= 11 is 0. The Hall–Kier alpha value is -4.07. The van der Waals surface area contributed by atoms with Crippen molar-refractivity contribution in [2.75, 3.05) is 5.32 Å². The van der Waals surface area contributed by atoms with Crippen LogP contribution in [0.3, 0.4) is 0 Å². The Balaban J connectivity index is 1.62. The van der Waals surface area contributed by atoms with Gasteiger partial charge in [0.1, 0.15) is 0 Å². The molecule has 32 heavy (non-hydrogen) atoms. The Morgan fingerprint density at radius 1 is 0.875 bits per heavy atom. The van der Waals surface area contributed by atoms with Crippen molar-refractivity contribution in [1.29, 1.82) is 0 Å². The number of aromatic nitrogens is 2. The molecule has 0 spiro atoms. The molecule has 5 nitrogen and oxygen atoms in total. The molecular weight excluding hydrogens is 417 g/mol. The SMILES string of the molecule is Cc1cc(-c2ccc(-c3ccc(C(F)(F)F)cc3)cc2)n(-c2ccc(NC(N)=O)cc2)n1. The van der Waals surface area contributed by atoms with Gasteiger partial charge in [0.05, 0.1) is 22.6 Å². The lowest BCUT2D eigenvalue weighted by atomic mass is 10.0. The van der Waals surface area contributed by atoms with Crippen LogP contribution in [0.5, 0.6) is 0 Å². The number of aryl methyl sites for hydroxylation is 1. The summed E-state index contributed by atoms with van der Waals surface area (Å²) in [6.45, 7) is 1.89. The van der Waals surface area contributed by atoms with Crippen LogP contribution in [0.1, 0.15) is 11.3 Å². The maximum Gasteiger partial charge on any atom is 0.416 e. The first-order valence-corrected chi connectivity index (χ1v) is 9.72. The first kappa shape index (κ1) is 21.2. The zero-order chi connectivity index (χ0) is 22.9. The lowest BCUT2D eigenvalue weighted by molar-refractivity contribution is -0.137. The number of anilines is 1. The number of carbonyl (C=O) groups is 1. The highest BCUT2D eigenvalue weighted by molar-refractivity contribution is 5.87. The lowest BCUT2D eigenvalue weighted by Crippen LogP contribution is -2.19. The number of hydrogen-bond acceptors (Lipinski definition) is 2. The molecule has 0 fully saturated rings. The van der Waals surface area contributed by atoms with Crippen LogP contribution in [0, 0.1) is 6.92 Å². The molecule has 0 aliphatic heterocycles. The van der Waals surface area contributed by atoms with Crippen molar-refractivity contribution in [3.63, 3.8) is 0 Å². The number of nitrogens with one attached hydrogen (secondary N) is 1. The van der Waals surface area contributed by atoms with Gasteiger partial charge in [0.25, 0.3) is 0 Å². The Kier molecular flexibility index (Phi) is 5.44. The fraction of sp³-hybridized carbons (Fsp3) is 0.0833. The fourth-order valence-electron chi connectivity index (χ4n) is 3.42. The van der Waals surface area contributed by atoms with Gasteiger partial charge in [-0.1, -0.05) is 36.4 Å². The number of hydrogen-bond donors (Lipinski definition) is 2. The molecule has 3 aromatic carbocycles. The second kappa shape index (κ2) is 8.22. The molecule has 1 heterocycles. The van der Waals surface area contributed by atoms with Crippen molar-refractivity contribution in [2.24, 2.45) is 5.73 Å². The summed E-state index contributed by atoms with van der Waals surface area (Å²) < 4.78 is 40.2. The van der Waals surface area contributed by atoms with Crippen molar-refractivity contribution in [3.05, 3.63) is 90.1 Å². The van der Waals surface area contributed by atoms with E-state index in [0.717, 1.165) is 40.3 Å². The molecule has 8 heteroatoms. The van der Waals surface area contributed by atoms with Crippen LogP contribution in [0.25, 0.3) is 28.1 Å². The van der Waals surface area contributed by atoms with Crippen molar-refractivity contribution in [3.8, 4) is 28.1 Å². The number of rotatable bonds is 4. The van der Waals surface area contributed by atoms with Gasteiger partial charge in [-0.25, -0.2) is 9.48 Å². The van der Waals surface area contributed by atoms with E-state index in [1.165, 1.54) is 12.1 Å². The molecule has 0 saturated carbocycles. The minimum atomic E-state index is -4.35. The normalized spacial score (nSPS) is 11.4. The molecule has 0 saturated heterocycles. The van der Waals surface area contributed by atoms with E-state index in [4.69, 9.17) is 5.73 Å². The van der Waals surface area contributed by atoms with Gasteiger partial charge in [-0.05, 0) is 60.5 Å². The van der Waals surface area contributed by atoms with Gasteiger partial charge >= 0.3 is 12.2 Å². The van der Waals surface area contributed by atoms with Gasteiger partial charge in [-0.3, -0.25) is 0 Å². The van der Waals surface area contributed by atoms with E-state index in [9.17, 15) is 18.0 Å². The maximum atomic E-state index is 12.8. The van der Waals surface area contributed by atoms with Crippen LogP contribution in [0.15, 0.2) is 78.9 Å². The van der Waals surface area contributed by atoms with Crippen LogP contribution in [-0.4, -0.2) is 15.8 Å². The molecule has 0 aliphatic carbocycles. The van der Waals surface area contributed by atoms with E-state index in [2.05, 4.69) is 10.4 Å². The average molecular weight is 436 g/mol. The zero-order valence-electron chi connectivity index (χ0n) is 17.0. The third-order valence-electron chi connectivity index (χ3n) is 4.94. The minimum Gasteiger partial charge on any atom is -0.351 e. The summed E-state index contributed by atoms with van der Waals surface area (Å²) in [5, 5.41) is 7.07. The smallest absolute Gasteiger partial charge is 0.351 e. The quantitative estimate of drug-likeness (QED) is 0.410. The first-order chi connectivity index (χ1) is 15.2. The van der Waals surface area contributed by atoms with Crippen LogP contribution in [0.2, 0.25) is 0 Å². The number of halogens is 3. The van der Waals surface area contributed by atoms with Crippen molar-refractivity contribution in [1.82, 2.24) is 9.78 Å². The summed E-state index contributed by atoms with van der Waals surface area (Å²) in [7, 11) is 0. The fourth-order valence-corrected chi connectivity index (χ4v) is 3.42. The van der Waals surface area contributed by atoms with Gasteiger partial charge in [0.15, 0.2) is 0 Å². The summed E-state index contributed by atoms with van der Waals surface area (Å²) in [6.07, 6.45) is -4.35. The number of benzene rings is 3. The minimum absolute atomic E-state index is 0.576. The van der Waals surface area contributed by atoms with Gasteiger partial charge in [0.2, 0.25) is 0 Å². The summed E-state index contributed by atoms with van der Waals surface area (Å²) in [5.41, 5.74) is 9.95. The largest absolute Gasteiger partial charge is 0.416 e. The third-order valence-corrected chi connectivity index (χ3v) is 4.94. The van der Waals surface area contributed by atoms with E-state index < -0.39 is 17.8 Å². The number of amides is 2. The van der Waals surface area contributed by atoms with E-state index in [0.29, 0.717) is 11.3 Å². The molecule has 2 amide bonds. The second-order valence-corrected chi connectivity index (χ2v) is 7.27. The zero-order valence-corrected chi connectivity index (χ0v) is 17.0. The molecule has 0 bridgehead atoms. The lowest BCUT2D eigenvalue weighted by Gasteiger charge is -2.10. The Morgan fingerprint density at radius 2 is 1.41 bits per heavy atom. The number of alkyl halides is 3. The highest BCUT2D eigenvalue weighted by Gasteiger charge is 2.29. The molecule has 0 radical (unpaired) electrons. The Morgan fingerprint density at radius 3 is 1.94 bits per heavy atom. The average Bonchev–Trinajstić information content (AvgIpc) is 3.15. The van der Waals surface area contributed by atoms with Gasteiger partial charge in [0, 0.05) is 11.3 Å². The number of nitrogens with two attached hydrogens (primary N) is 1. The molecule has 4 aromatic rings. The first-order valence-electron chi connectivity index (χ1n) is 9.72. The Labute approximate surface area is 182 Å². The molecule has 1 aromatic heterocycles. The summed E-state index contributed by atoms with van der Waals surface area (Å²) in [5.74, 6) is 0. The molecular formula is C24H19F3N4O. The highest BCUT2D eigenvalue weighted by atomic mass is 19.4. The van der Waals surface area contributed by atoms with E-state index in [-0.39, 0.29) is 0 Å². The molecule has 162 valence electrons. The van der Waals surface area contributed by atoms with E-state index in [1.54, 1.807) is 16.8 Å². The van der Waals surface area contributed by atoms with Gasteiger partial charge in [-0.2, -0.15) is 18.3 Å². The van der Waals surface area contributed by atoms with Crippen molar-refractivity contribution < 1.29 is 18.0 Å². The monoisotopic (exact) mass is 436 g/mol. The van der Waals surface area contributed by atoms with E-state index in [1.807, 2.05) is 49.4 Å². The molecule has 4 rings (SSSR count). The third kappa shape index (κ3) is 4.49. The van der Waals surface area contributed by atoms with Crippen molar-refractivity contribution in [2.45, 2.75) is 13.1 Å². The topological polar surface area (TPSA) is 72.9 Å². The summed E-state index contributed by atoms with van der Waals surface area (Å²) in [4.78, 5) is 11.0. The molecule has 0 aliphatic rings. The number of urea groups is 1. The molecule has 0 unspecified atom stereocenters. The van der Waals surface area contributed by atoms with Crippen molar-refractivity contribution >= 4 is 11.7 Å². The van der Waals surface area contributed by atoms with Crippen LogP contribution >= 0.6 is 0 Å². The molecule has 3 N–H and O–H groups in total. The number of carbonyl (C=O) groups excluding carboxylic acids is 1. The number of primary amides is 1. The number of nitrogens with zero attached hydrogens (tertiary/aromatic N) is 2. The van der Waals surface area contributed by atoms with Crippen LogP contribution in [0.4, 0.5) is 23.7 Å². The van der Waals surface area contributed by atoms with E-state index >= 15 is 0 Å². The second-order valence-electron chi connectivity index (χ2n) is 7.27. The van der Waals surface area contributed by atoms with Crippen LogP contribution in [-0.2, 0) is 6.18 Å². The summed E-state index contributed by atoms with van der Waals surface area (Å²) in [6, 6.07) is 21.0. The predicted octanol–water partition coefficient (Wildman–Crippen LogP) is 6.02. The predicted molar refractivity (Wildman–Crippen MR) is 117 cm³/mol. The maximum absolute atomic E-state index is 12.8. The van der Waals surface area contributed by atoms with Crippen LogP contribution < -0.4 is 11.1 Å². The standard InChI is InChI=1S/C24H19F3N4O/c1-15-14-22(31(30-15)21-12-10-20(11-13-21)29-23(28)32)18-4-2-16(3-5-18)17-6-8-19(9-7-17)24(25,26)27/h2-14H,1H3,(H3,28,29,32). The Bertz CT molecular complexity index is 1240. The molecule has 0 atom stereocenters. The van der Waals surface area contributed by atoms with Gasteiger partial charge < -0.3 is 11.1 Å².